The number of fused-ring (bicyclic) bond motifs is 1. The lowest BCUT2D eigenvalue weighted by molar-refractivity contribution is -0.117. The molecular formula is C18H27N3O. The van der Waals surface area contributed by atoms with Gasteiger partial charge < -0.3 is 9.88 Å². The van der Waals surface area contributed by atoms with Crippen LogP contribution in [0.1, 0.15) is 46.6 Å². The van der Waals surface area contributed by atoms with Crippen molar-refractivity contribution in [3.8, 4) is 0 Å². The van der Waals surface area contributed by atoms with E-state index in [9.17, 15) is 4.79 Å². The minimum absolute atomic E-state index is 0.0177. The van der Waals surface area contributed by atoms with Crippen molar-refractivity contribution in [1.29, 1.82) is 0 Å². The number of amides is 1. The Balaban J connectivity index is 2.26. The fourth-order valence-corrected chi connectivity index (χ4v) is 2.54. The van der Waals surface area contributed by atoms with Gasteiger partial charge >= 0.3 is 0 Å². The van der Waals surface area contributed by atoms with E-state index in [1.165, 1.54) is 0 Å². The summed E-state index contributed by atoms with van der Waals surface area (Å²) in [6, 6.07) is 4.12. The molecule has 2 aromatic rings. The first-order valence-electron chi connectivity index (χ1n) is 7.92. The highest BCUT2D eigenvalue weighted by molar-refractivity contribution is 5.92. The summed E-state index contributed by atoms with van der Waals surface area (Å²) in [6.07, 6.45) is 2.55. The van der Waals surface area contributed by atoms with Crippen LogP contribution >= 0.6 is 0 Å². The standard InChI is InChI=1S/C18H27N3O/c1-12(2)11-21-8-7-14-15(21)9-13(3)17(19-14)20-16(22)10-18(4,5)6/h7-9,12H,10-11H2,1-6H3,(H,19,20,22). The topological polar surface area (TPSA) is 46.9 Å². The van der Waals surface area contributed by atoms with Crippen LogP contribution in [0.15, 0.2) is 18.3 Å². The molecule has 0 aliphatic rings. The van der Waals surface area contributed by atoms with E-state index in [0.29, 0.717) is 18.2 Å². The Hall–Kier alpha value is -1.84. The summed E-state index contributed by atoms with van der Waals surface area (Å²) < 4.78 is 2.22. The molecule has 0 atom stereocenters. The summed E-state index contributed by atoms with van der Waals surface area (Å²) in [5.74, 6) is 1.27. The molecule has 120 valence electrons. The van der Waals surface area contributed by atoms with E-state index in [0.717, 1.165) is 23.1 Å². The average molecular weight is 301 g/mol. The molecule has 0 aliphatic carbocycles. The van der Waals surface area contributed by atoms with Crippen molar-refractivity contribution in [2.24, 2.45) is 11.3 Å². The second kappa shape index (κ2) is 6.11. The molecule has 4 nitrogen and oxygen atoms in total. The Morgan fingerprint density at radius 1 is 1.36 bits per heavy atom. The third-order valence-electron chi connectivity index (χ3n) is 3.45. The quantitative estimate of drug-likeness (QED) is 0.911. The monoisotopic (exact) mass is 301 g/mol. The number of hydrogen-bond acceptors (Lipinski definition) is 2. The van der Waals surface area contributed by atoms with Gasteiger partial charge in [-0.05, 0) is 36.0 Å². The van der Waals surface area contributed by atoms with Crippen LogP contribution in [0.3, 0.4) is 0 Å². The van der Waals surface area contributed by atoms with Crippen LogP contribution in [0.5, 0.6) is 0 Å². The molecule has 0 bridgehead atoms. The molecule has 0 unspecified atom stereocenters. The van der Waals surface area contributed by atoms with Crippen molar-refractivity contribution < 1.29 is 4.79 Å². The summed E-state index contributed by atoms with van der Waals surface area (Å²) in [7, 11) is 0. The van der Waals surface area contributed by atoms with Gasteiger partial charge in [0.1, 0.15) is 5.82 Å². The van der Waals surface area contributed by atoms with Crippen molar-refractivity contribution in [1.82, 2.24) is 9.55 Å². The molecule has 0 saturated carbocycles. The van der Waals surface area contributed by atoms with Gasteiger partial charge in [-0.1, -0.05) is 34.6 Å². The van der Waals surface area contributed by atoms with Gasteiger partial charge in [0.15, 0.2) is 0 Å². The molecule has 0 aliphatic heterocycles. The van der Waals surface area contributed by atoms with Crippen LogP contribution in [0.25, 0.3) is 11.0 Å². The third kappa shape index (κ3) is 4.09. The molecule has 0 spiro atoms. The van der Waals surface area contributed by atoms with Gasteiger partial charge in [-0.15, -0.1) is 0 Å². The number of pyridine rings is 1. The molecule has 1 N–H and O–H groups in total. The maximum absolute atomic E-state index is 12.1. The zero-order valence-corrected chi connectivity index (χ0v) is 14.5. The van der Waals surface area contributed by atoms with E-state index in [1.54, 1.807) is 0 Å². The van der Waals surface area contributed by atoms with Gasteiger partial charge in [0.05, 0.1) is 11.0 Å². The van der Waals surface area contributed by atoms with Gasteiger partial charge in [-0.2, -0.15) is 0 Å². The minimum Gasteiger partial charge on any atom is -0.346 e. The third-order valence-corrected chi connectivity index (χ3v) is 3.45. The van der Waals surface area contributed by atoms with Crippen LogP contribution in [-0.4, -0.2) is 15.5 Å². The van der Waals surface area contributed by atoms with Crippen molar-refractivity contribution >= 4 is 22.8 Å². The predicted molar refractivity (Wildman–Crippen MR) is 92.0 cm³/mol. The van der Waals surface area contributed by atoms with Crippen LogP contribution in [-0.2, 0) is 11.3 Å². The van der Waals surface area contributed by atoms with Crippen LogP contribution in [0.2, 0.25) is 0 Å². The Morgan fingerprint density at radius 2 is 2.05 bits per heavy atom. The van der Waals surface area contributed by atoms with Gasteiger partial charge in [0.25, 0.3) is 0 Å². The number of anilines is 1. The lowest BCUT2D eigenvalue weighted by Crippen LogP contribution is -2.20. The van der Waals surface area contributed by atoms with Gasteiger partial charge in [0.2, 0.25) is 5.91 Å². The molecule has 2 aromatic heterocycles. The average Bonchev–Trinajstić information content (AvgIpc) is 2.69. The zero-order chi connectivity index (χ0) is 16.5. The number of carbonyl (C=O) groups excluding carboxylic acids is 1. The largest absolute Gasteiger partial charge is 0.346 e. The van der Waals surface area contributed by atoms with Crippen LogP contribution < -0.4 is 5.32 Å². The van der Waals surface area contributed by atoms with Crippen LogP contribution in [0, 0.1) is 18.3 Å². The molecule has 2 heterocycles. The van der Waals surface area contributed by atoms with E-state index in [4.69, 9.17) is 0 Å². The summed E-state index contributed by atoms with van der Waals surface area (Å²) in [6.45, 7) is 13.5. The van der Waals surface area contributed by atoms with E-state index < -0.39 is 0 Å². The number of nitrogens with one attached hydrogen (secondary N) is 1. The first kappa shape index (κ1) is 16.5. The first-order chi connectivity index (χ1) is 10.2. The normalized spacial score (nSPS) is 12.1. The van der Waals surface area contributed by atoms with Gasteiger partial charge in [-0.25, -0.2) is 4.98 Å². The molecule has 0 saturated heterocycles. The Labute approximate surface area is 132 Å². The molecule has 0 fully saturated rings. The first-order valence-corrected chi connectivity index (χ1v) is 7.92. The van der Waals surface area contributed by atoms with Crippen LogP contribution in [0.4, 0.5) is 5.82 Å². The van der Waals surface area contributed by atoms with Gasteiger partial charge in [-0.3, -0.25) is 4.79 Å². The Bertz CT molecular complexity index is 677. The smallest absolute Gasteiger partial charge is 0.226 e. The predicted octanol–water partition coefficient (Wildman–Crippen LogP) is 4.38. The van der Waals surface area contributed by atoms with E-state index in [-0.39, 0.29) is 11.3 Å². The summed E-state index contributed by atoms with van der Waals surface area (Å²) in [5.41, 5.74) is 3.03. The number of nitrogens with zero attached hydrogens (tertiary/aromatic N) is 2. The highest BCUT2D eigenvalue weighted by Gasteiger charge is 2.17. The number of aryl methyl sites for hydroxylation is 1. The summed E-state index contributed by atoms with van der Waals surface area (Å²) >= 11 is 0. The van der Waals surface area contributed by atoms with E-state index in [2.05, 4.69) is 61.7 Å². The Kier molecular flexibility index (Phi) is 4.59. The lowest BCUT2D eigenvalue weighted by Gasteiger charge is -2.17. The minimum atomic E-state index is -0.0251. The van der Waals surface area contributed by atoms with Crippen molar-refractivity contribution in [3.63, 3.8) is 0 Å². The van der Waals surface area contributed by atoms with Crippen molar-refractivity contribution in [2.75, 3.05) is 5.32 Å². The lowest BCUT2D eigenvalue weighted by atomic mass is 9.92. The number of rotatable bonds is 4. The van der Waals surface area contributed by atoms with Crippen molar-refractivity contribution in [3.05, 3.63) is 23.9 Å². The number of carbonyl (C=O) groups is 1. The fourth-order valence-electron chi connectivity index (χ4n) is 2.54. The van der Waals surface area contributed by atoms with E-state index >= 15 is 0 Å². The fraction of sp³-hybridized carbons (Fsp3) is 0.556. The number of hydrogen-bond donors (Lipinski definition) is 1. The zero-order valence-electron chi connectivity index (χ0n) is 14.5. The second-order valence-corrected chi connectivity index (χ2v) is 7.71. The molecule has 0 aromatic carbocycles. The molecule has 1 amide bonds. The maximum atomic E-state index is 12.1. The molecule has 2 rings (SSSR count). The number of aromatic nitrogens is 2. The SMILES string of the molecule is Cc1cc2c(ccn2CC(C)C)nc1NC(=O)CC(C)(C)C. The highest BCUT2D eigenvalue weighted by atomic mass is 16.1. The summed E-state index contributed by atoms with van der Waals surface area (Å²) in [4.78, 5) is 16.7. The molecule has 4 heteroatoms. The maximum Gasteiger partial charge on any atom is 0.226 e. The van der Waals surface area contributed by atoms with Crippen molar-refractivity contribution in [2.45, 2.75) is 54.5 Å². The van der Waals surface area contributed by atoms with Gasteiger partial charge in [0, 0.05) is 19.2 Å². The molecule has 22 heavy (non-hydrogen) atoms. The molecule has 0 radical (unpaired) electrons. The molecular weight excluding hydrogens is 274 g/mol. The highest BCUT2D eigenvalue weighted by Crippen LogP contribution is 2.24. The second-order valence-electron chi connectivity index (χ2n) is 7.71. The Morgan fingerprint density at radius 3 is 2.64 bits per heavy atom. The summed E-state index contributed by atoms with van der Waals surface area (Å²) in [5, 5.41) is 2.95. The van der Waals surface area contributed by atoms with E-state index in [1.807, 2.05) is 13.0 Å².